The Morgan fingerprint density at radius 3 is 2.45 bits per heavy atom. The fourth-order valence-corrected chi connectivity index (χ4v) is 0.700. The fourth-order valence-electron chi connectivity index (χ4n) is 0.700. The quantitative estimate of drug-likeness (QED) is 0.517. The zero-order valence-corrected chi connectivity index (χ0v) is 5.70. The molecule has 0 bridgehead atoms. The number of cyclic esters (lactones) is 1. The van der Waals surface area contributed by atoms with Gasteiger partial charge in [-0.3, -0.25) is 0 Å². The zero-order valence-electron chi connectivity index (χ0n) is 5.70. The van der Waals surface area contributed by atoms with Crippen molar-refractivity contribution in [1.82, 2.24) is 0 Å². The van der Waals surface area contributed by atoms with Crippen LogP contribution in [0.4, 0.5) is 0 Å². The topological polar surface area (TPSA) is 83.8 Å². The zero-order chi connectivity index (χ0) is 8.65. The summed E-state index contributed by atoms with van der Waals surface area (Å²) in [4.78, 5) is 20.9. The molecule has 2 N–H and O–H groups in total. The van der Waals surface area contributed by atoms with E-state index in [2.05, 4.69) is 4.74 Å². The molecule has 0 fully saturated rings. The lowest BCUT2D eigenvalue weighted by atomic mass is 10.1. The molecular formula is C6H6O5. The van der Waals surface area contributed by atoms with Gasteiger partial charge in [0.2, 0.25) is 11.4 Å². The SMILES string of the molecule is C[C@@]1(C(=O)O)C=C(O)C(=O)O1. The molecule has 0 saturated carbocycles. The Hall–Kier alpha value is -1.52. The summed E-state index contributed by atoms with van der Waals surface area (Å²) in [5, 5.41) is 17.2. The lowest BCUT2D eigenvalue weighted by Crippen LogP contribution is -2.34. The van der Waals surface area contributed by atoms with Crippen LogP contribution in [0.2, 0.25) is 0 Å². The Kier molecular flexibility index (Phi) is 1.37. The number of carbonyl (C=O) groups is 2. The highest BCUT2D eigenvalue weighted by Crippen LogP contribution is 2.22. The molecule has 1 aliphatic rings. The van der Waals surface area contributed by atoms with Crippen LogP contribution in [0.15, 0.2) is 11.8 Å². The summed E-state index contributed by atoms with van der Waals surface area (Å²) in [5.74, 6) is -2.97. The number of ether oxygens (including phenoxy) is 1. The summed E-state index contributed by atoms with van der Waals surface area (Å²) in [6, 6.07) is 0. The lowest BCUT2D eigenvalue weighted by Gasteiger charge is -2.13. The molecule has 11 heavy (non-hydrogen) atoms. The predicted octanol–water partition coefficient (Wildman–Crippen LogP) is -0.172. The van der Waals surface area contributed by atoms with Gasteiger partial charge in [0.15, 0.2) is 0 Å². The van der Waals surface area contributed by atoms with Gasteiger partial charge in [0, 0.05) is 6.08 Å². The van der Waals surface area contributed by atoms with Gasteiger partial charge in [-0.2, -0.15) is 0 Å². The van der Waals surface area contributed by atoms with Crippen molar-refractivity contribution in [2.24, 2.45) is 0 Å². The number of carboxylic acids is 1. The van der Waals surface area contributed by atoms with Crippen LogP contribution < -0.4 is 0 Å². The first-order valence-electron chi connectivity index (χ1n) is 2.84. The maximum Gasteiger partial charge on any atom is 0.374 e. The summed E-state index contributed by atoms with van der Waals surface area (Å²) in [6.07, 6.45) is 0.859. The maximum atomic E-state index is 10.5. The van der Waals surface area contributed by atoms with E-state index in [-0.39, 0.29) is 0 Å². The van der Waals surface area contributed by atoms with E-state index < -0.39 is 23.3 Å². The van der Waals surface area contributed by atoms with Gasteiger partial charge in [0.1, 0.15) is 0 Å². The second-order valence-electron chi connectivity index (χ2n) is 2.33. The number of carbonyl (C=O) groups excluding carboxylic acids is 1. The molecule has 0 aromatic rings. The Morgan fingerprint density at radius 2 is 2.27 bits per heavy atom. The smallest absolute Gasteiger partial charge is 0.374 e. The van der Waals surface area contributed by atoms with Gasteiger partial charge < -0.3 is 14.9 Å². The normalized spacial score (nSPS) is 29.5. The minimum absolute atomic E-state index is 0.657. The Morgan fingerprint density at radius 1 is 1.73 bits per heavy atom. The van der Waals surface area contributed by atoms with Crippen LogP contribution in [0.1, 0.15) is 6.92 Å². The minimum atomic E-state index is -1.71. The molecule has 0 saturated heterocycles. The Labute approximate surface area is 61.9 Å². The third-order valence-electron chi connectivity index (χ3n) is 1.35. The van der Waals surface area contributed by atoms with Crippen LogP contribution in [0.3, 0.4) is 0 Å². The standard InChI is InChI=1S/C6H6O5/c1-6(5(9)10)2-3(7)4(8)11-6/h2,7H,1H3,(H,9,10)/t6-/m0/s1. The predicted molar refractivity (Wildman–Crippen MR) is 32.8 cm³/mol. The minimum Gasteiger partial charge on any atom is -0.502 e. The molecule has 5 heteroatoms. The maximum absolute atomic E-state index is 10.5. The molecule has 0 unspecified atom stereocenters. The molecule has 5 nitrogen and oxygen atoms in total. The first-order valence-corrected chi connectivity index (χ1v) is 2.84. The second kappa shape index (κ2) is 1.98. The van der Waals surface area contributed by atoms with Crippen molar-refractivity contribution in [3.05, 3.63) is 11.8 Å². The van der Waals surface area contributed by atoms with E-state index >= 15 is 0 Å². The number of aliphatic hydroxyl groups excluding tert-OH is 1. The average molecular weight is 158 g/mol. The molecule has 0 aliphatic carbocycles. The van der Waals surface area contributed by atoms with E-state index in [9.17, 15) is 9.59 Å². The number of aliphatic hydroxyl groups is 1. The fraction of sp³-hybridized carbons (Fsp3) is 0.333. The van der Waals surface area contributed by atoms with E-state index in [0.29, 0.717) is 0 Å². The molecule has 1 atom stereocenters. The van der Waals surface area contributed by atoms with Crippen molar-refractivity contribution >= 4 is 11.9 Å². The molecule has 0 aromatic carbocycles. The van der Waals surface area contributed by atoms with Crippen LogP contribution >= 0.6 is 0 Å². The molecule has 60 valence electrons. The summed E-state index contributed by atoms with van der Waals surface area (Å²) in [7, 11) is 0. The highest BCUT2D eigenvalue weighted by atomic mass is 16.6. The van der Waals surface area contributed by atoms with Gasteiger partial charge in [-0.05, 0) is 6.92 Å². The Balaban J connectivity index is 2.97. The van der Waals surface area contributed by atoms with E-state index in [4.69, 9.17) is 10.2 Å². The van der Waals surface area contributed by atoms with E-state index in [1.807, 2.05) is 0 Å². The molecular weight excluding hydrogens is 152 g/mol. The largest absolute Gasteiger partial charge is 0.502 e. The number of hydrogen-bond acceptors (Lipinski definition) is 4. The number of esters is 1. The van der Waals surface area contributed by atoms with Gasteiger partial charge in [-0.1, -0.05) is 0 Å². The van der Waals surface area contributed by atoms with Gasteiger partial charge in [-0.25, -0.2) is 9.59 Å². The van der Waals surface area contributed by atoms with Crippen LogP contribution in [0.5, 0.6) is 0 Å². The van der Waals surface area contributed by atoms with Crippen molar-refractivity contribution in [3.63, 3.8) is 0 Å². The number of aliphatic carboxylic acids is 1. The Bertz CT molecular complexity index is 254. The van der Waals surface area contributed by atoms with Crippen molar-refractivity contribution < 1.29 is 24.5 Å². The number of rotatable bonds is 1. The first kappa shape index (κ1) is 7.59. The summed E-state index contributed by atoms with van der Waals surface area (Å²) >= 11 is 0. The van der Waals surface area contributed by atoms with Crippen LogP contribution in [0, 0.1) is 0 Å². The second-order valence-corrected chi connectivity index (χ2v) is 2.33. The van der Waals surface area contributed by atoms with E-state index in [0.717, 1.165) is 6.08 Å². The summed E-state index contributed by atoms with van der Waals surface area (Å²) in [5.41, 5.74) is -1.71. The van der Waals surface area contributed by atoms with Gasteiger partial charge in [0.25, 0.3) is 0 Å². The average Bonchev–Trinajstić information content (AvgIpc) is 2.09. The highest BCUT2D eigenvalue weighted by molar-refractivity contribution is 5.95. The van der Waals surface area contributed by atoms with Crippen molar-refractivity contribution in [3.8, 4) is 0 Å². The molecule has 1 aliphatic heterocycles. The van der Waals surface area contributed by atoms with Gasteiger partial charge in [-0.15, -0.1) is 0 Å². The van der Waals surface area contributed by atoms with Crippen LogP contribution in [-0.2, 0) is 14.3 Å². The van der Waals surface area contributed by atoms with E-state index in [1.165, 1.54) is 6.92 Å². The van der Waals surface area contributed by atoms with E-state index in [1.54, 1.807) is 0 Å². The molecule has 0 spiro atoms. The van der Waals surface area contributed by atoms with Crippen molar-refractivity contribution in [1.29, 1.82) is 0 Å². The first-order chi connectivity index (χ1) is 4.96. The lowest BCUT2D eigenvalue weighted by molar-refractivity contribution is -0.165. The van der Waals surface area contributed by atoms with Crippen molar-refractivity contribution in [2.75, 3.05) is 0 Å². The molecule has 0 aromatic heterocycles. The third-order valence-corrected chi connectivity index (χ3v) is 1.35. The molecule has 0 radical (unpaired) electrons. The third kappa shape index (κ3) is 1.04. The molecule has 1 rings (SSSR count). The number of hydrogen-bond donors (Lipinski definition) is 2. The van der Waals surface area contributed by atoms with Gasteiger partial charge >= 0.3 is 11.9 Å². The van der Waals surface area contributed by atoms with Crippen molar-refractivity contribution in [2.45, 2.75) is 12.5 Å². The monoisotopic (exact) mass is 158 g/mol. The summed E-state index contributed by atoms with van der Waals surface area (Å²) in [6.45, 7) is 1.18. The van der Waals surface area contributed by atoms with Crippen LogP contribution in [0.25, 0.3) is 0 Å². The molecule has 1 heterocycles. The number of carboxylic acid groups (broad SMARTS) is 1. The summed E-state index contributed by atoms with van der Waals surface area (Å²) < 4.78 is 4.34. The molecule has 0 amide bonds. The van der Waals surface area contributed by atoms with Gasteiger partial charge in [0.05, 0.1) is 0 Å². The highest BCUT2D eigenvalue weighted by Gasteiger charge is 2.42. The van der Waals surface area contributed by atoms with Crippen LogP contribution in [-0.4, -0.2) is 27.8 Å².